The molecule has 0 spiro atoms. The molecule has 0 aliphatic carbocycles. The highest BCUT2D eigenvalue weighted by atomic mass is 16.5. The van der Waals surface area contributed by atoms with Crippen LogP contribution in [0.3, 0.4) is 0 Å². The second kappa shape index (κ2) is 4.03. The lowest BCUT2D eigenvalue weighted by Crippen LogP contribution is -1.89. The van der Waals surface area contributed by atoms with Crippen LogP contribution in [0.25, 0.3) is 22.2 Å². The fourth-order valence-electron chi connectivity index (χ4n) is 1.90. The first-order valence-corrected chi connectivity index (χ1v) is 5.44. The molecule has 2 aromatic carbocycles. The van der Waals surface area contributed by atoms with Gasteiger partial charge >= 0.3 is 6.01 Å². The normalized spacial score (nSPS) is 10.7. The molecule has 0 saturated carbocycles. The molecular weight excluding hydrogens is 230 g/mol. The molecule has 0 saturated heterocycles. The number of rotatable bonds is 2. The lowest BCUT2D eigenvalue weighted by atomic mass is 10.1. The van der Waals surface area contributed by atoms with Gasteiger partial charge in [0.15, 0.2) is 0 Å². The van der Waals surface area contributed by atoms with Gasteiger partial charge in [-0.3, -0.25) is 0 Å². The fourth-order valence-corrected chi connectivity index (χ4v) is 1.90. The van der Waals surface area contributed by atoms with E-state index in [4.69, 9.17) is 14.9 Å². The lowest BCUT2D eigenvalue weighted by molar-refractivity contribution is 0.415. The summed E-state index contributed by atoms with van der Waals surface area (Å²) in [4.78, 5) is 0. The molecule has 0 unspecified atom stereocenters. The van der Waals surface area contributed by atoms with E-state index in [1.165, 1.54) is 0 Å². The molecule has 90 valence electrons. The van der Waals surface area contributed by atoms with Crippen molar-refractivity contribution in [3.05, 3.63) is 36.4 Å². The third-order valence-electron chi connectivity index (χ3n) is 2.74. The van der Waals surface area contributed by atoms with Gasteiger partial charge in [0.05, 0.1) is 12.7 Å². The average Bonchev–Trinajstić information content (AvgIpc) is 2.83. The third kappa shape index (κ3) is 1.66. The largest absolute Gasteiger partial charge is 0.496 e. The summed E-state index contributed by atoms with van der Waals surface area (Å²) in [5.74, 6) is 1.03. The first-order valence-electron chi connectivity index (χ1n) is 5.44. The van der Waals surface area contributed by atoms with Crippen LogP contribution < -0.4 is 10.5 Å². The van der Waals surface area contributed by atoms with Crippen LogP contribution in [0, 0.1) is 0 Å². The van der Waals surface area contributed by atoms with E-state index < -0.39 is 0 Å². The number of aromatic nitrogens is 2. The van der Waals surface area contributed by atoms with E-state index >= 15 is 0 Å². The predicted octanol–water partition coefficient (Wildman–Crippen LogP) is 2.48. The molecule has 5 nitrogen and oxygen atoms in total. The Balaban J connectivity index is 2.26. The van der Waals surface area contributed by atoms with Crippen LogP contribution in [0.2, 0.25) is 0 Å². The number of nitrogen functional groups attached to an aromatic ring is 1. The minimum absolute atomic E-state index is 0.0419. The van der Waals surface area contributed by atoms with Crippen molar-refractivity contribution in [1.29, 1.82) is 0 Å². The SMILES string of the molecule is COc1cc2ccccc2cc1-c1nnc(N)o1. The van der Waals surface area contributed by atoms with Crippen molar-refractivity contribution in [2.24, 2.45) is 0 Å². The molecule has 3 rings (SSSR count). The van der Waals surface area contributed by atoms with Crippen LogP contribution in [-0.2, 0) is 0 Å². The van der Waals surface area contributed by atoms with Gasteiger partial charge in [0, 0.05) is 0 Å². The minimum Gasteiger partial charge on any atom is -0.496 e. The first-order chi connectivity index (χ1) is 8.78. The zero-order chi connectivity index (χ0) is 12.5. The summed E-state index contributed by atoms with van der Waals surface area (Å²) < 4.78 is 10.6. The van der Waals surface area contributed by atoms with Crippen molar-refractivity contribution in [3.63, 3.8) is 0 Å². The van der Waals surface area contributed by atoms with Gasteiger partial charge in [0.2, 0.25) is 0 Å². The first kappa shape index (κ1) is 10.6. The van der Waals surface area contributed by atoms with Crippen molar-refractivity contribution in [2.45, 2.75) is 0 Å². The fraction of sp³-hybridized carbons (Fsp3) is 0.0769. The third-order valence-corrected chi connectivity index (χ3v) is 2.74. The second-order valence-corrected chi connectivity index (χ2v) is 3.85. The van der Waals surface area contributed by atoms with Gasteiger partial charge in [-0.25, -0.2) is 0 Å². The van der Waals surface area contributed by atoms with Gasteiger partial charge in [-0.1, -0.05) is 29.4 Å². The van der Waals surface area contributed by atoms with Crippen LogP contribution in [0.4, 0.5) is 6.01 Å². The Hall–Kier alpha value is -2.56. The summed E-state index contributed by atoms with van der Waals surface area (Å²) in [6, 6.07) is 11.9. The van der Waals surface area contributed by atoms with Crippen molar-refractivity contribution >= 4 is 16.8 Å². The maximum Gasteiger partial charge on any atom is 0.313 e. The number of anilines is 1. The molecule has 1 heterocycles. The summed E-state index contributed by atoms with van der Waals surface area (Å²) in [7, 11) is 1.60. The van der Waals surface area contributed by atoms with Crippen LogP contribution >= 0.6 is 0 Å². The van der Waals surface area contributed by atoms with Gasteiger partial charge in [-0.15, -0.1) is 5.10 Å². The quantitative estimate of drug-likeness (QED) is 0.746. The summed E-state index contributed by atoms with van der Waals surface area (Å²) in [6.45, 7) is 0. The Morgan fingerprint density at radius 2 is 1.83 bits per heavy atom. The molecule has 0 amide bonds. The molecule has 18 heavy (non-hydrogen) atoms. The average molecular weight is 241 g/mol. The number of fused-ring (bicyclic) bond motifs is 1. The van der Waals surface area contributed by atoms with Gasteiger partial charge < -0.3 is 14.9 Å². The Morgan fingerprint density at radius 1 is 1.11 bits per heavy atom. The van der Waals surface area contributed by atoms with Gasteiger partial charge in [-0.2, -0.15) is 0 Å². The molecule has 2 N–H and O–H groups in total. The second-order valence-electron chi connectivity index (χ2n) is 3.85. The molecule has 0 radical (unpaired) electrons. The van der Waals surface area contributed by atoms with Crippen molar-refractivity contribution < 1.29 is 9.15 Å². The maximum absolute atomic E-state index is 5.44. The maximum atomic E-state index is 5.44. The number of nitrogens with zero attached hydrogens (tertiary/aromatic N) is 2. The van der Waals surface area contributed by atoms with E-state index in [0.29, 0.717) is 11.6 Å². The van der Waals surface area contributed by atoms with Gasteiger partial charge in [0.25, 0.3) is 5.89 Å². The smallest absolute Gasteiger partial charge is 0.313 e. The lowest BCUT2D eigenvalue weighted by Gasteiger charge is -2.07. The Bertz CT molecular complexity index is 706. The number of methoxy groups -OCH3 is 1. The predicted molar refractivity (Wildman–Crippen MR) is 68.2 cm³/mol. The Morgan fingerprint density at radius 3 is 2.44 bits per heavy atom. The van der Waals surface area contributed by atoms with Crippen LogP contribution in [0.15, 0.2) is 40.8 Å². The number of nitrogens with two attached hydrogens (primary N) is 1. The topological polar surface area (TPSA) is 74.2 Å². The monoisotopic (exact) mass is 241 g/mol. The molecule has 5 heteroatoms. The highest BCUT2D eigenvalue weighted by Crippen LogP contribution is 2.33. The van der Waals surface area contributed by atoms with Crippen molar-refractivity contribution in [2.75, 3.05) is 12.8 Å². The number of ether oxygens (including phenoxy) is 1. The van der Waals surface area contributed by atoms with Crippen molar-refractivity contribution in [1.82, 2.24) is 10.2 Å². The van der Waals surface area contributed by atoms with Crippen LogP contribution in [0.1, 0.15) is 0 Å². The molecule has 0 aliphatic rings. The zero-order valence-corrected chi connectivity index (χ0v) is 9.75. The molecule has 1 aromatic heterocycles. The highest BCUT2D eigenvalue weighted by Gasteiger charge is 2.13. The van der Waals surface area contributed by atoms with Gasteiger partial charge in [-0.05, 0) is 22.9 Å². The molecule has 0 aliphatic heterocycles. The zero-order valence-electron chi connectivity index (χ0n) is 9.75. The summed E-state index contributed by atoms with van der Waals surface area (Å²) in [5, 5.41) is 9.70. The Labute approximate surface area is 103 Å². The summed E-state index contributed by atoms with van der Waals surface area (Å²) >= 11 is 0. The minimum atomic E-state index is 0.0419. The van der Waals surface area contributed by atoms with Crippen LogP contribution in [-0.4, -0.2) is 17.3 Å². The number of hydrogen-bond donors (Lipinski definition) is 1. The van der Waals surface area contributed by atoms with E-state index in [1.54, 1.807) is 7.11 Å². The van der Waals surface area contributed by atoms with Crippen molar-refractivity contribution in [3.8, 4) is 17.2 Å². The molecule has 3 aromatic rings. The number of hydrogen-bond acceptors (Lipinski definition) is 5. The van der Waals surface area contributed by atoms with E-state index in [-0.39, 0.29) is 6.01 Å². The van der Waals surface area contributed by atoms with E-state index in [1.807, 2.05) is 36.4 Å². The van der Waals surface area contributed by atoms with Crippen LogP contribution in [0.5, 0.6) is 5.75 Å². The highest BCUT2D eigenvalue weighted by molar-refractivity contribution is 5.89. The molecular formula is C13H11N3O2. The molecule has 0 bridgehead atoms. The Kier molecular flexibility index (Phi) is 2.37. The van der Waals surface area contributed by atoms with E-state index in [2.05, 4.69) is 10.2 Å². The van der Waals surface area contributed by atoms with Gasteiger partial charge in [0.1, 0.15) is 5.75 Å². The summed E-state index contributed by atoms with van der Waals surface area (Å²) in [5.41, 5.74) is 6.18. The standard InChI is InChI=1S/C13H11N3O2/c1-17-11-7-9-5-3-2-4-8(9)6-10(11)12-15-16-13(14)18-12/h2-7H,1H3,(H2,14,16). The molecule has 0 fully saturated rings. The van der Waals surface area contributed by atoms with E-state index in [9.17, 15) is 0 Å². The molecule has 0 atom stereocenters. The van der Waals surface area contributed by atoms with E-state index in [0.717, 1.165) is 16.3 Å². The number of benzene rings is 2. The summed E-state index contributed by atoms with van der Waals surface area (Å²) in [6.07, 6.45) is 0.